The number of nitrogens with zero attached hydrogens (tertiary/aromatic N) is 2. The molecule has 6 nitrogen and oxygen atoms in total. The van der Waals surface area contributed by atoms with E-state index in [0.29, 0.717) is 5.92 Å². The largest absolute Gasteiger partial charge is 0.343 e. The number of likely N-dealkylation sites (N-methyl/N-ethyl adjacent to an activating group) is 1. The van der Waals surface area contributed by atoms with Gasteiger partial charge in [0, 0.05) is 25.7 Å². The second-order valence-electron chi connectivity index (χ2n) is 10.7. The molecule has 1 aliphatic carbocycles. The van der Waals surface area contributed by atoms with E-state index in [-0.39, 0.29) is 35.9 Å². The number of carbonyl (C=O) groups is 2. The second kappa shape index (κ2) is 12.2. The van der Waals surface area contributed by atoms with E-state index in [1.807, 2.05) is 6.92 Å². The minimum Gasteiger partial charge on any atom is -0.343 e. The van der Waals surface area contributed by atoms with Gasteiger partial charge in [-0.15, -0.1) is 0 Å². The molecule has 6 heteroatoms. The van der Waals surface area contributed by atoms with Crippen LogP contribution >= 0.6 is 0 Å². The maximum atomic E-state index is 14.0. The molecule has 0 unspecified atom stereocenters. The number of likely N-dealkylation sites (tertiary alicyclic amines) is 2. The van der Waals surface area contributed by atoms with Gasteiger partial charge in [0.05, 0.1) is 6.04 Å². The van der Waals surface area contributed by atoms with Crippen molar-refractivity contribution in [2.45, 2.75) is 82.8 Å². The van der Waals surface area contributed by atoms with Gasteiger partial charge in [0.25, 0.3) is 0 Å². The molecule has 2 aliphatic heterocycles. The molecule has 4 atom stereocenters. The predicted molar refractivity (Wildman–Crippen MR) is 136 cm³/mol. The Morgan fingerprint density at radius 2 is 1.76 bits per heavy atom. The molecular formula is C28H44N4O2. The first kappa shape index (κ1) is 25.2. The normalized spacial score (nSPS) is 25.9. The van der Waals surface area contributed by atoms with Crippen molar-refractivity contribution in [1.82, 2.24) is 20.4 Å². The zero-order valence-corrected chi connectivity index (χ0v) is 21.2. The smallest absolute Gasteiger partial charge is 0.245 e. The van der Waals surface area contributed by atoms with Crippen molar-refractivity contribution in [1.29, 1.82) is 0 Å². The van der Waals surface area contributed by atoms with Crippen LogP contribution in [0, 0.1) is 11.8 Å². The van der Waals surface area contributed by atoms with Crippen molar-refractivity contribution in [2.24, 2.45) is 11.8 Å². The van der Waals surface area contributed by atoms with Crippen LogP contribution in [0.4, 0.5) is 0 Å². The van der Waals surface area contributed by atoms with E-state index in [2.05, 4.69) is 50.8 Å². The maximum absolute atomic E-state index is 14.0. The lowest BCUT2D eigenvalue weighted by atomic mass is 9.83. The number of hydrogen-bond acceptors (Lipinski definition) is 4. The summed E-state index contributed by atoms with van der Waals surface area (Å²) in [5.41, 5.74) is 1.38. The number of carbonyl (C=O) groups excluding carboxylic acids is 2. The first-order chi connectivity index (χ1) is 16.6. The molecular weight excluding hydrogens is 424 g/mol. The highest BCUT2D eigenvalue weighted by Gasteiger charge is 2.43. The summed E-state index contributed by atoms with van der Waals surface area (Å²) in [5, 5.41) is 6.20. The van der Waals surface area contributed by atoms with E-state index in [9.17, 15) is 9.59 Å². The van der Waals surface area contributed by atoms with Gasteiger partial charge in [-0.25, -0.2) is 0 Å². The molecule has 1 aromatic carbocycles. The molecule has 1 saturated carbocycles. The molecule has 1 aromatic rings. The standard InChI is InChI=1S/C28H44N4O2/c1-21(29-2)27(33)30-26(24-12-7-4-8-13-24)28(34)32-19-16-23-14-9-17-31(20-25(23)32)18-15-22-10-5-3-6-11-22/h3,5-6,10-11,21,23-26,29H,4,7-9,12-20H2,1-2H3,(H,30,33)/t21-,23-,25-,26-/m0/s1. The highest BCUT2D eigenvalue weighted by atomic mass is 16.2. The van der Waals surface area contributed by atoms with Gasteiger partial charge in [-0.05, 0) is 76.4 Å². The Balaban J connectivity index is 1.45. The van der Waals surface area contributed by atoms with Crippen LogP contribution in [0.25, 0.3) is 0 Å². The summed E-state index contributed by atoms with van der Waals surface area (Å²) in [5.74, 6) is 0.950. The lowest BCUT2D eigenvalue weighted by Crippen LogP contribution is -2.57. The molecule has 4 rings (SSSR count). The Morgan fingerprint density at radius 3 is 2.50 bits per heavy atom. The molecule has 2 saturated heterocycles. The fourth-order valence-electron chi connectivity index (χ4n) is 6.28. The van der Waals surface area contributed by atoms with E-state index in [0.717, 1.165) is 64.7 Å². The second-order valence-corrected chi connectivity index (χ2v) is 10.7. The number of fused-ring (bicyclic) bond motifs is 1. The lowest BCUT2D eigenvalue weighted by Gasteiger charge is -2.37. The van der Waals surface area contributed by atoms with Gasteiger partial charge < -0.3 is 20.4 Å². The molecule has 0 radical (unpaired) electrons. The topological polar surface area (TPSA) is 64.7 Å². The summed E-state index contributed by atoms with van der Waals surface area (Å²) in [4.78, 5) is 31.6. The van der Waals surface area contributed by atoms with Crippen molar-refractivity contribution < 1.29 is 9.59 Å². The zero-order valence-electron chi connectivity index (χ0n) is 21.2. The van der Waals surface area contributed by atoms with Gasteiger partial charge in [0.2, 0.25) is 11.8 Å². The summed E-state index contributed by atoms with van der Waals surface area (Å²) < 4.78 is 0. The van der Waals surface area contributed by atoms with Gasteiger partial charge in [0.15, 0.2) is 0 Å². The predicted octanol–water partition coefficient (Wildman–Crippen LogP) is 3.22. The van der Waals surface area contributed by atoms with E-state index < -0.39 is 0 Å². The molecule has 188 valence electrons. The van der Waals surface area contributed by atoms with E-state index in [4.69, 9.17) is 0 Å². The maximum Gasteiger partial charge on any atom is 0.245 e. The Morgan fingerprint density at radius 1 is 1.00 bits per heavy atom. The first-order valence-electron chi connectivity index (χ1n) is 13.6. The molecule has 3 fully saturated rings. The van der Waals surface area contributed by atoms with Crippen molar-refractivity contribution in [3.8, 4) is 0 Å². The summed E-state index contributed by atoms with van der Waals surface area (Å²) >= 11 is 0. The number of amides is 2. The Bertz CT molecular complexity index is 795. The fourth-order valence-corrected chi connectivity index (χ4v) is 6.28. The minimum absolute atomic E-state index is 0.0625. The first-order valence-corrected chi connectivity index (χ1v) is 13.6. The van der Waals surface area contributed by atoms with Crippen LogP contribution < -0.4 is 10.6 Å². The zero-order chi connectivity index (χ0) is 23.9. The van der Waals surface area contributed by atoms with Gasteiger partial charge in [0.1, 0.15) is 6.04 Å². The number of benzene rings is 1. The molecule has 34 heavy (non-hydrogen) atoms. The average molecular weight is 469 g/mol. The lowest BCUT2D eigenvalue weighted by molar-refractivity contribution is -0.140. The van der Waals surface area contributed by atoms with Crippen LogP contribution in [-0.2, 0) is 16.0 Å². The molecule has 2 N–H and O–H groups in total. The summed E-state index contributed by atoms with van der Waals surface area (Å²) in [7, 11) is 1.79. The Kier molecular flexibility index (Phi) is 9.01. The SMILES string of the molecule is CN[C@@H](C)C(=O)N[C@H](C(=O)N1CC[C@@H]2CCCN(CCc3ccccc3)C[C@@H]21)C1CCCCC1. The molecule has 0 spiro atoms. The Labute approximate surface area is 205 Å². The van der Waals surface area contributed by atoms with Crippen molar-refractivity contribution >= 4 is 11.8 Å². The number of hydrogen-bond donors (Lipinski definition) is 2. The summed E-state index contributed by atoms with van der Waals surface area (Å²) in [6, 6.07) is 10.3. The Hall–Kier alpha value is -1.92. The van der Waals surface area contributed by atoms with Crippen molar-refractivity contribution in [3.05, 3.63) is 35.9 Å². The highest BCUT2D eigenvalue weighted by molar-refractivity contribution is 5.90. The summed E-state index contributed by atoms with van der Waals surface area (Å²) in [6.45, 7) is 5.81. The van der Waals surface area contributed by atoms with E-state index in [1.165, 1.54) is 24.8 Å². The van der Waals surface area contributed by atoms with Crippen LogP contribution in [0.2, 0.25) is 0 Å². The van der Waals surface area contributed by atoms with Crippen LogP contribution in [0.15, 0.2) is 30.3 Å². The number of nitrogens with one attached hydrogen (secondary N) is 2. The monoisotopic (exact) mass is 468 g/mol. The van der Waals surface area contributed by atoms with Crippen molar-refractivity contribution in [2.75, 3.05) is 33.2 Å². The fraction of sp³-hybridized carbons (Fsp3) is 0.714. The number of rotatable bonds is 8. The minimum atomic E-state index is -0.386. The third-order valence-corrected chi connectivity index (χ3v) is 8.53. The van der Waals surface area contributed by atoms with Gasteiger partial charge >= 0.3 is 0 Å². The van der Waals surface area contributed by atoms with Crippen LogP contribution in [0.1, 0.15) is 63.9 Å². The van der Waals surface area contributed by atoms with Crippen molar-refractivity contribution in [3.63, 3.8) is 0 Å². The quantitative estimate of drug-likeness (QED) is 0.615. The van der Waals surface area contributed by atoms with Crippen LogP contribution in [0.3, 0.4) is 0 Å². The van der Waals surface area contributed by atoms with Crippen LogP contribution in [-0.4, -0.2) is 73.0 Å². The molecule has 2 heterocycles. The third kappa shape index (κ3) is 6.19. The van der Waals surface area contributed by atoms with E-state index in [1.54, 1.807) is 7.05 Å². The van der Waals surface area contributed by atoms with Gasteiger partial charge in [-0.1, -0.05) is 49.6 Å². The molecule has 0 bridgehead atoms. The molecule has 3 aliphatic rings. The molecule has 0 aromatic heterocycles. The van der Waals surface area contributed by atoms with Gasteiger partial charge in [-0.3, -0.25) is 9.59 Å². The summed E-state index contributed by atoms with van der Waals surface area (Å²) in [6.07, 6.45) is 10.2. The van der Waals surface area contributed by atoms with Crippen LogP contribution in [0.5, 0.6) is 0 Å². The average Bonchev–Trinajstić information content (AvgIpc) is 3.16. The van der Waals surface area contributed by atoms with Gasteiger partial charge in [-0.2, -0.15) is 0 Å². The van der Waals surface area contributed by atoms with E-state index >= 15 is 0 Å². The highest BCUT2D eigenvalue weighted by Crippen LogP contribution is 2.34. The molecule has 2 amide bonds. The third-order valence-electron chi connectivity index (χ3n) is 8.53.